The zero-order valence-electron chi connectivity index (χ0n) is 12.4. The lowest BCUT2D eigenvalue weighted by Crippen LogP contribution is -2.21. The molecule has 1 aliphatic rings. The van der Waals surface area contributed by atoms with Crippen molar-refractivity contribution in [2.45, 2.75) is 32.3 Å². The van der Waals surface area contributed by atoms with E-state index in [2.05, 4.69) is 6.07 Å². The summed E-state index contributed by atoms with van der Waals surface area (Å²) < 4.78 is 10.9. The topological polar surface area (TPSA) is 58.9 Å². The molecule has 0 amide bonds. The van der Waals surface area contributed by atoms with Crippen LogP contribution in [0.2, 0.25) is 0 Å². The van der Waals surface area contributed by atoms with Gasteiger partial charge in [0.2, 0.25) is 0 Å². The zero-order chi connectivity index (χ0) is 15.4. The minimum atomic E-state index is -1.83. The first kappa shape index (κ1) is 14.9. The van der Waals surface area contributed by atoms with E-state index in [1.54, 1.807) is 12.1 Å². The van der Waals surface area contributed by atoms with Crippen LogP contribution in [0, 0.1) is 0 Å². The molecule has 0 atom stereocenters. The van der Waals surface area contributed by atoms with E-state index in [-0.39, 0.29) is 0 Å². The number of rotatable bonds is 5. The second-order valence-electron chi connectivity index (χ2n) is 5.44. The van der Waals surface area contributed by atoms with Gasteiger partial charge in [-0.25, -0.2) is 0 Å². The van der Waals surface area contributed by atoms with Crippen LogP contribution < -0.4 is 9.39 Å². The molecule has 0 bridgehead atoms. The average molecular weight is 298 g/mol. The summed E-state index contributed by atoms with van der Waals surface area (Å²) in [6.07, 6.45) is 4.60. The van der Waals surface area contributed by atoms with E-state index in [1.807, 2.05) is 24.3 Å². The fourth-order valence-corrected chi connectivity index (χ4v) is 2.89. The van der Waals surface area contributed by atoms with Crippen LogP contribution in [0.3, 0.4) is 0 Å². The van der Waals surface area contributed by atoms with Crippen molar-refractivity contribution in [3.8, 4) is 11.5 Å². The van der Waals surface area contributed by atoms with E-state index in [9.17, 15) is 0 Å². The third-order valence-electron chi connectivity index (χ3n) is 3.94. The molecular weight excluding hydrogens is 279 g/mol. The van der Waals surface area contributed by atoms with E-state index in [4.69, 9.17) is 19.4 Å². The molecular formula is C17H19BO4. The number of hydrogen-bond acceptors (Lipinski definition) is 4. The van der Waals surface area contributed by atoms with Gasteiger partial charge >= 0.3 is 7.32 Å². The van der Waals surface area contributed by atoms with E-state index < -0.39 is 7.32 Å². The third kappa shape index (κ3) is 3.43. The Kier molecular flexibility index (Phi) is 4.66. The summed E-state index contributed by atoms with van der Waals surface area (Å²) >= 11 is 0. The Labute approximate surface area is 130 Å². The monoisotopic (exact) mass is 298 g/mol. The summed E-state index contributed by atoms with van der Waals surface area (Å²) in [6.45, 7) is 0.333. The van der Waals surface area contributed by atoms with Crippen LogP contribution in [0.15, 0.2) is 42.5 Å². The zero-order valence-corrected chi connectivity index (χ0v) is 12.4. The van der Waals surface area contributed by atoms with Crippen LogP contribution >= 0.6 is 0 Å². The van der Waals surface area contributed by atoms with Crippen molar-refractivity contribution in [1.29, 1.82) is 0 Å². The van der Waals surface area contributed by atoms with Gasteiger partial charge in [0, 0.05) is 5.56 Å². The quantitative estimate of drug-likeness (QED) is 0.833. The highest BCUT2D eigenvalue weighted by atomic mass is 16.6. The normalized spacial score (nSPS) is 13.4. The molecule has 0 aromatic heterocycles. The van der Waals surface area contributed by atoms with E-state index >= 15 is 0 Å². The summed E-state index contributed by atoms with van der Waals surface area (Å²) in [5, 5.41) is 17.9. The highest BCUT2D eigenvalue weighted by Gasteiger charge is 2.16. The Bertz CT molecular complexity index is 642. The molecule has 1 aliphatic carbocycles. The van der Waals surface area contributed by atoms with Gasteiger partial charge in [0.1, 0.15) is 18.1 Å². The number of hydrogen-bond donors (Lipinski definition) is 2. The number of fused-ring (bicyclic) bond motifs is 1. The van der Waals surface area contributed by atoms with Gasteiger partial charge in [0.25, 0.3) is 0 Å². The summed E-state index contributed by atoms with van der Waals surface area (Å²) in [6, 6.07) is 13.4. The molecule has 0 aliphatic heterocycles. The van der Waals surface area contributed by atoms with Gasteiger partial charge in [-0.2, -0.15) is 0 Å². The predicted molar refractivity (Wildman–Crippen MR) is 84.7 cm³/mol. The molecule has 4 nitrogen and oxygen atoms in total. The van der Waals surface area contributed by atoms with Crippen molar-refractivity contribution in [3.05, 3.63) is 59.2 Å². The van der Waals surface area contributed by atoms with Gasteiger partial charge in [-0.1, -0.05) is 30.3 Å². The fourth-order valence-electron chi connectivity index (χ4n) is 2.89. The second kappa shape index (κ2) is 6.86. The fraction of sp³-hybridized carbons (Fsp3) is 0.294. The van der Waals surface area contributed by atoms with Crippen LogP contribution in [0.4, 0.5) is 0 Å². The summed E-state index contributed by atoms with van der Waals surface area (Å²) in [7, 11) is -1.83. The van der Waals surface area contributed by atoms with Crippen molar-refractivity contribution in [1.82, 2.24) is 0 Å². The second-order valence-corrected chi connectivity index (χ2v) is 5.44. The number of ether oxygens (including phenoxy) is 1. The van der Waals surface area contributed by atoms with Gasteiger partial charge in [-0.05, 0) is 48.9 Å². The minimum Gasteiger partial charge on any atom is -0.512 e. The van der Waals surface area contributed by atoms with Crippen molar-refractivity contribution in [2.24, 2.45) is 0 Å². The maximum absolute atomic E-state index is 8.97. The standard InChI is InChI=1S/C17H19BO4/c19-18(20)22-16-10-4-2-7-14(16)12-21-17-11-5-8-13-6-1-3-9-15(13)17/h2,4-5,7-8,10-11,19-20H,1,3,6,9,12H2. The van der Waals surface area contributed by atoms with E-state index in [0.29, 0.717) is 12.4 Å². The molecule has 0 heterocycles. The molecule has 114 valence electrons. The highest BCUT2D eigenvalue weighted by Crippen LogP contribution is 2.30. The predicted octanol–water partition coefficient (Wildman–Crippen LogP) is 2.49. The van der Waals surface area contributed by atoms with Crippen LogP contribution in [0.5, 0.6) is 11.5 Å². The first-order valence-corrected chi connectivity index (χ1v) is 7.58. The molecule has 2 aromatic carbocycles. The van der Waals surface area contributed by atoms with Crippen molar-refractivity contribution in [3.63, 3.8) is 0 Å². The highest BCUT2D eigenvalue weighted by molar-refractivity contribution is 6.33. The van der Waals surface area contributed by atoms with Gasteiger partial charge in [-0.3, -0.25) is 0 Å². The summed E-state index contributed by atoms with van der Waals surface area (Å²) in [4.78, 5) is 0. The smallest absolute Gasteiger partial charge is 0.512 e. The summed E-state index contributed by atoms with van der Waals surface area (Å²) in [5.74, 6) is 1.33. The Morgan fingerprint density at radius 3 is 2.55 bits per heavy atom. The molecule has 0 saturated carbocycles. The lowest BCUT2D eigenvalue weighted by molar-refractivity contribution is 0.273. The molecule has 0 spiro atoms. The minimum absolute atomic E-state index is 0.333. The number of para-hydroxylation sites is 1. The molecule has 2 aromatic rings. The largest absolute Gasteiger partial charge is 0.707 e. The van der Waals surface area contributed by atoms with Crippen LogP contribution in [0.25, 0.3) is 0 Å². The molecule has 0 saturated heterocycles. The molecule has 5 heteroatoms. The molecule has 2 N–H and O–H groups in total. The average Bonchev–Trinajstić information content (AvgIpc) is 2.53. The maximum atomic E-state index is 8.97. The van der Waals surface area contributed by atoms with Crippen molar-refractivity contribution in [2.75, 3.05) is 0 Å². The third-order valence-corrected chi connectivity index (χ3v) is 3.94. The summed E-state index contributed by atoms with van der Waals surface area (Å²) in [5.41, 5.74) is 3.46. The Morgan fingerprint density at radius 1 is 0.909 bits per heavy atom. The molecule has 0 fully saturated rings. The first-order valence-electron chi connectivity index (χ1n) is 7.58. The van der Waals surface area contributed by atoms with Crippen LogP contribution in [-0.4, -0.2) is 17.4 Å². The lowest BCUT2D eigenvalue weighted by Gasteiger charge is -2.20. The number of aryl methyl sites for hydroxylation is 1. The molecule has 22 heavy (non-hydrogen) atoms. The van der Waals surface area contributed by atoms with Gasteiger partial charge in [0.05, 0.1) is 0 Å². The number of benzene rings is 2. The molecule has 0 radical (unpaired) electrons. The first-order chi connectivity index (χ1) is 10.7. The SMILES string of the molecule is OB(O)Oc1ccccc1COc1cccc2c1CCCC2. The van der Waals surface area contributed by atoms with E-state index in [0.717, 1.165) is 24.2 Å². The van der Waals surface area contributed by atoms with Gasteiger partial charge in [-0.15, -0.1) is 0 Å². The van der Waals surface area contributed by atoms with E-state index in [1.165, 1.54) is 24.0 Å². The Hall–Kier alpha value is -1.98. The lowest BCUT2D eigenvalue weighted by atomic mass is 9.91. The molecule has 3 rings (SSSR count). The Morgan fingerprint density at radius 2 is 1.68 bits per heavy atom. The van der Waals surface area contributed by atoms with Crippen molar-refractivity contribution >= 4 is 7.32 Å². The van der Waals surface area contributed by atoms with Gasteiger partial charge < -0.3 is 19.4 Å². The van der Waals surface area contributed by atoms with Crippen molar-refractivity contribution < 1.29 is 19.4 Å². The Balaban J connectivity index is 1.76. The molecule has 0 unspecified atom stereocenters. The van der Waals surface area contributed by atoms with Gasteiger partial charge in [0.15, 0.2) is 0 Å². The van der Waals surface area contributed by atoms with Crippen LogP contribution in [0.1, 0.15) is 29.5 Å². The maximum Gasteiger partial charge on any atom is 0.707 e. The van der Waals surface area contributed by atoms with Crippen LogP contribution in [-0.2, 0) is 19.4 Å².